The number of Topliss-reactive ketones (excluding diaryl/α,β-unsaturated/α-hetero) is 1. The Hall–Kier alpha value is -5.06. The number of benzene rings is 2. The SMILES string of the molecule is CC.CC.CCC(C)C(=O)c1ccc(Oc2ccc(OC(C)F)c(-c3[nH]ncc3NC(=O)c3cnn4cccnc34)c2)cc1. The molecule has 3 heterocycles. The fourth-order valence-electron chi connectivity index (χ4n) is 4.10. The molecule has 3 aromatic heterocycles. The lowest BCUT2D eigenvalue weighted by Gasteiger charge is -2.15. The minimum absolute atomic E-state index is 0.0621. The summed E-state index contributed by atoms with van der Waals surface area (Å²) in [7, 11) is 0. The van der Waals surface area contributed by atoms with Crippen LogP contribution in [0.1, 0.15) is 75.6 Å². The predicted molar refractivity (Wildman–Crippen MR) is 169 cm³/mol. The average Bonchev–Trinajstić information content (AvgIpc) is 3.70. The van der Waals surface area contributed by atoms with Crippen molar-refractivity contribution < 1.29 is 23.5 Å². The molecule has 10 nitrogen and oxygen atoms in total. The van der Waals surface area contributed by atoms with Gasteiger partial charge in [0.2, 0.25) is 6.36 Å². The summed E-state index contributed by atoms with van der Waals surface area (Å²) in [6.07, 6.45) is 5.29. The highest BCUT2D eigenvalue weighted by Crippen LogP contribution is 2.38. The summed E-state index contributed by atoms with van der Waals surface area (Å²) in [5.41, 5.74) is 2.41. The number of nitrogens with one attached hydrogen (secondary N) is 2. The Morgan fingerprint density at radius 3 is 2.41 bits per heavy atom. The van der Waals surface area contributed by atoms with E-state index in [9.17, 15) is 14.0 Å². The molecule has 2 N–H and O–H groups in total. The minimum atomic E-state index is -1.59. The fourth-order valence-corrected chi connectivity index (χ4v) is 4.10. The quantitative estimate of drug-likeness (QED) is 0.155. The van der Waals surface area contributed by atoms with Gasteiger partial charge in [-0.1, -0.05) is 41.5 Å². The van der Waals surface area contributed by atoms with Crippen molar-refractivity contribution in [2.45, 2.75) is 61.2 Å². The van der Waals surface area contributed by atoms with Crippen molar-refractivity contribution in [2.75, 3.05) is 5.32 Å². The van der Waals surface area contributed by atoms with Gasteiger partial charge < -0.3 is 14.8 Å². The first-order chi connectivity index (χ1) is 21.3. The van der Waals surface area contributed by atoms with Crippen LogP contribution in [0.2, 0.25) is 0 Å². The van der Waals surface area contributed by atoms with Crippen molar-refractivity contribution in [3.05, 3.63) is 84.4 Å². The Labute approximate surface area is 256 Å². The number of carbonyl (C=O) groups excluding carboxylic acids is 2. The zero-order valence-electron chi connectivity index (χ0n) is 26.1. The summed E-state index contributed by atoms with van der Waals surface area (Å²) in [6, 6.07) is 13.5. The third-order valence-electron chi connectivity index (χ3n) is 6.36. The number of ketones is 1. The molecule has 0 aliphatic heterocycles. The number of carbonyl (C=O) groups is 2. The number of aromatic nitrogens is 5. The topological polar surface area (TPSA) is 124 Å². The first-order valence-electron chi connectivity index (χ1n) is 14.7. The van der Waals surface area contributed by atoms with Gasteiger partial charge in [-0.25, -0.2) is 13.9 Å². The van der Waals surface area contributed by atoms with E-state index in [-0.39, 0.29) is 23.0 Å². The Balaban J connectivity index is 0.00000127. The van der Waals surface area contributed by atoms with Gasteiger partial charge in [0.05, 0.1) is 23.8 Å². The molecular formula is C33H39FN6O4. The van der Waals surface area contributed by atoms with Crippen molar-refractivity contribution in [1.82, 2.24) is 24.8 Å². The highest BCUT2D eigenvalue weighted by molar-refractivity contribution is 6.09. The second kappa shape index (κ2) is 16.0. The molecule has 2 unspecified atom stereocenters. The van der Waals surface area contributed by atoms with Gasteiger partial charge in [-0.3, -0.25) is 14.7 Å². The van der Waals surface area contributed by atoms with Gasteiger partial charge >= 0.3 is 0 Å². The molecule has 0 fully saturated rings. The maximum Gasteiger partial charge on any atom is 0.261 e. The Morgan fingerprint density at radius 1 is 1.02 bits per heavy atom. The van der Waals surface area contributed by atoms with Crippen LogP contribution in [0.15, 0.2) is 73.3 Å². The molecule has 0 saturated heterocycles. The Bertz CT molecular complexity index is 1660. The fraction of sp³-hybridized carbons (Fsp3) is 0.303. The van der Waals surface area contributed by atoms with Gasteiger partial charge in [0.15, 0.2) is 11.4 Å². The number of fused-ring (bicyclic) bond motifs is 1. The molecule has 5 aromatic rings. The van der Waals surface area contributed by atoms with Crippen LogP contribution in [-0.2, 0) is 0 Å². The molecule has 11 heteroatoms. The lowest BCUT2D eigenvalue weighted by atomic mass is 9.97. The van der Waals surface area contributed by atoms with Gasteiger partial charge in [-0.15, -0.1) is 0 Å². The highest BCUT2D eigenvalue weighted by Gasteiger charge is 2.20. The number of ether oxygens (including phenoxy) is 2. The van der Waals surface area contributed by atoms with Crippen LogP contribution >= 0.6 is 0 Å². The van der Waals surface area contributed by atoms with E-state index in [1.54, 1.807) is 60.9 Å². The third-order valence-corrected chi connectivity index (χ3v) is 6.36. The summed E-state index contributed by atoms with van der Waals surface area (Å²) < 4.78 is 26.8. The van der Waals surface area contributed by atoms with Crippen molar-refractivity contribution in [1.29, 1.82) is 0 Å². The number of hydrogen-bond acceptors (Lipinski definition) is 7. The van der Waals surface area contributed by atoms with Crippen molar-refractivity contribution >= 4 is 23.0 Å². The number of anilines is 1. The van der Waals surface area contributed by atoms with E-state index in [0.717, 1.165) is 6.42 Å². The van der Waals surface area contributed by atoms with Crippen molar-refractivity contribution in [3.8, 4) is 28.5 Å². The molecule has 0 radical (unpaired) electrons. The van der Waals surface area contributed by atoms with Crippen LogP contribution in [0.5, 0.6) is 17.2 Å². The lowest BCUT2D eigenvalue weighted by molar-refractivity contribution is 0.0865. The van der Waals surface area contributed by atoms with E-state index in [2.05, 4.69) is 25.6 Å². The number of H-pyrrole nitrogens is 1. The zero-order chi connectivity index (χ0) is 32.2. The molecule has 2 atom stereocenters. The van der Waals surface area contributed by atoms with Crippen LogP contribution < -0.4 is 14.8 Å². The monoisotopic (exact) mass is 602 g/mol. The van der Waals surface area contributed by atoms with Gasteiger partial charge in [0.1, 0.15) is 22.8 Å². The van der Waals surface area contributed by atoms with Gasteiger partial charge in [-0.05, 0) is 55.0 Å². The molecule has 2 aromatic carbocycles. The molecule has 1 amide bonds. The second-order valence-electron chi connectivity index (χ2n) is 9.18. The molecule has 0 spiro atoms. The Morgan fingerprint density at radius 2 is 1.73 bits per heavy atom. The molecule has 0 aliphatic carbocycles. The zero-order valence-corrected chi connectivity index (χ0v) is 26.1. The predicted octanol–water partition coefficient (Wildman–Crippen LogP) is 8.14. The molecule has 0 aliphatic rings. The maximum absolute atomic E-state index is 13.9. The number of hydrogen-bond donors (Lipinski definition) is 2. The summed E-state index contributed by atoms with van der Waals surface area (Å²) in [4.78, 5) is 29.8. The number of halogens is 1. The summed E-state index contributed by atoms with van der Waals surface area (Å²) in [5.74, 6) is 0.720. The smallest absolute Gasteiger partial charge is 0.261 e. The van der Waals surface area contributed by atoms with E-state index in [0.29, 0.717) is 39.7 Å². The number of amides is 1. The van der Waals surface area contributed by atoms with E-state index in [1.807, 2.05) is 41.5 Å². The minimum Gasteiger partial charge on any atom is -0.460 e. The van der Waals surface area contributed by atoms with E-state index < -0.39 is 12.3 Å². The molecular weight excluding hydrogens is 563 g/mol. The number of nitrogens with zero attached hydrogens (tertiary/aromatic N) is 4. The summed E-state index contributed by atoms with van der Waals surface area (Å²) in [6.45, 7) is 13.1. The summed E-state index contributed by atoms with van der Waals surface area (Å²) >= 11 is 0. The van der Waals surface area contributed by atoms with Crippen molar-refractivity contribution in [3.63, 3.8) is 0 Å². The lowest BCUT2D eigenvalue weighted by Crippen LogP contribution is -2.12. The van der Waals surface area contributed by atoms with Crippen LogP contribution in [0.4, 0.5) is 10.1 Å². The summed E-state index contributed by atoms with van der Waals surface area (Å²) in [5, 5.41) is 13.9. The maximum atomic E-state index is 13.9. The van der Waals surface area contributed by atoms with Gasteiger partial charge in [0, 0.05) is 36.4 Å². The highest BCUT2D eigenvalue weighted by atomic mass is 19.1. The third kappa shape index (κ3) is 7.85. The van der Waals surface area contributed by atoms with Gasteiger partial charge in [0.25, 0.3) is 5.91 Å². The number of rotatable bonds is 10. The van der Waals surface area contributed by atoms with Crippen LogP contribution in [0, 0.1) is 5.92 Å². The molecule has 232 valence electrons. The van der Waals surface area contributed by atoms with E-state index in [4.69, 9.17) is 9.47 Å². The standard InChI is InChI=1S/C29H27FN6O4.2C2H6/c1-4-17(2)27(37)19-6-8-20(9-7-19)40-21-10-11-25(39-18(3)30)22(14-21)26-24(16-32-35-26)34-29(38)23-15-33-36-13-5-12-31-28(23)36;2*1-2/h5-18H,4H2,1-3H3,(H,32,35)(H,34,38);2*1-2H3. The average molecular weight is 603 g/mol. The molecule has 5 rings (SSSR count). The van der Waals surface area contributed by atoms with Gasteiger partial charge in [-0.2, -0.15) is 10.2 Å². The Kier molecular flexibility index (Phi) is 12.1. The number of aromatic amines is 1. The number of alkyl halides is 1. The van der Waals surface area contributed by atoms with Crippen LogP contribution in [0.25, 0.3) is 16.9 Å². The van der Waals surface area contributed by atoms with E-state index in [1.165, 1.54) is 23.8 Å². The van der Waals surface area contributed by atoms with Crippen LogP contribution in [0.3, 0.4) is 0 Å². The van der Waals surface area contributed by atoms with Crippen molar-refractivity contribution in [2.24, 2.45) is 5.92 Å². The van der Waals surface area contributed by atoms with E-state index >= 15 is 0 Å². The van der Waals surface area contributed by atoms with Crippen LogP contribution in [-0.4, -0.2) is 42.8 Å². The molecule has 44 heavy (non-hydrogen) atoms. The second-order valence-corrected chi connectivity index (χ2v) is 9.18. The largest absolute Gasteiger partial charge is 0.460 e. The molecule has 0 saturated carbocycles. The molecule has 0 bridgehead atoms. The first kappa shape index (κ1) is 33.4. The normalized spacial score (nSPS) is 11.7. The first-order valence-corrected chi connectivity index (χ1v) is 14.7.